The summed E-state index contributed by atoms with van der Waals surface area (Å²) < 4.78 is 58.8. The van der Waals surface area contributed by atoms with Gasteiger partial charge in [0.05, 0.1) is 39.7 Å². The molecule has 9 rings (SSSR count). The number of fused-ring (bicyclic) bond motifs is 2. The molecule has 0 bridgehead atoms. The highest BCUT2D eigenvalue weighted by Crippen LogP contribution is 2.44. The number of piperidine rings is 2. The number of benzene rings is 3. The highest BCUT2D eigenvalue weighted by atomic mass is 79.9. The first-order chi connectivity index (χ1) is 33.6. The Hall–Kier alpha value is -5.69. The number of amides is 2. The molecule has 2 aromatic heterocycles. The number of hydrogen-bond acceptors (Lipinski definition) is 15. The molecule has 0 saturated carbocycles. The summed E-state index contributed by atoms with van der Waals surface area (Å²) in [6.45, 7) is 15.7. The van der Waals surface area contributed by atoms with Gasteiger partial charge in [0.15, 0.2) is 18.3 Å². The molecule has 0 aliphatic carbocycles. The van der Waals surface area contributed by atoms with Gasteiger partial charge in [-0.3, -0.25) is 24.6 Å². The first-order valence-corrected chi connectivity index (χ1v) is 27.4. The molecule has 2 amide bonds. The van der Waals surface area contributed by atoms with Crippen molar-refractivity contribution in [2.75, 3.05) is 92.9 Å². The standard InChI is InChI=1S/C49H59BrF2N11O6P/c1-6-29-23-37(56-49-53-27-34(50)46(58-49)55-36-10-9-31-33(45(36)70(4,5)67)26-54-63(7-2)48(31)66)41(68-8-3)25-39(29)61-17-13-30(14-18-61)60-21-19-59(20-22-60)16-15-32-35(51)24-40-44(43(32)52)69-28-62(40)38-11-12-42(64)57-47(38)65/h9-10,23-27,30,38H,6-8,11-22,28H2,1-5H3,(H,57,64,65)(H2,53,55,56,58). The van der Waals surface area contributed by atoms with Crippen LogP contribution in [0.3, 0.4) is 0 Å². The maximum Gasteiger partial charge on any atom is 0.274 e. The molecule has 372 valence electrons. The topological polar surface area (TPSA) is 179 Å². The van der Waals surface area contributed by atoms with E-state index in [1.54, 1.807) is 37.9 Å². The molecular formula is C49H59BrF2N11O6P. The van der Waals surface area contributed by atoms with Crippen LogP contribution >= 0.6 is 23.1 Å². The summed E-state index contributed by atoms with van der Waals surface area (Å²) in [4.78, 5) is 55.4. The summed E-state index contributed by atoms with van der Waals surface area (Å²) >= 11 is 3.59. The van der Waals surface area contributed by atoms with E-state index in [4.69, 9.17) is 14.5 Å². The van der Waals surface area contributed by atoms with E-state index in [-0.39, 0.29) is 54.5 Å². The Bertz CT molecular complexity index is 2940. The summed E-state index contributed by atoms with van der Waals surface area (Å²) in [5.74, 6) is -0.849. The molecule has 0 spiro atoms. The number of nitrogens with one attached hydrogen (secondary N) is 3. The number of aromatic nitrogens is 4. The average Bonchev–Trinajstić information content (AvgIpc) is 3.76. The van der Waals surface area contributed by atoms with E-state index in [9.17, 15) is 18.9 Å². The smallest absolute Gasteiger partial charge is 0.274 e. The van der Waals surface area contributed by atoms with Gasteiger partial charge in [0.1, 0.15) is 30.6 Å². The first-order valence-electron chi connectivity index (χ1n) is 24.1. The van der Waals surface area contributed by atoms with Crippen LogP contribution in [0.5, 0.6) is 11.5 Å². The van der Waals surface area contributed by atoms with Crippen LogP contribution in [0.25, 0.3) is 10.8 Å². The van der Waals surface area contributed by atoms with Crippen molar-refractivity contribution in [3.63, 3.8) is 0 Å². The Morgan fingerprint density at radius 2 is 1.70 bits per heavy atom. The van der Waals surface area contributed by atoms with Crippen molar-refractivity contribution >= 4 is 85.5 Å². The number of carbonyl (C=O) groups is 2. The molecule has 17 nitrogen and oxygen atoms in total. The maximum absolute atomic E-state index is 15.7. The maximum atomic E-state index is 15.7. The SMILES string of the molecule is CCOc1cc(N2CCC(N3CCN(CCc4c(F)cc5c(c4F)OCN5C4CCC(=O)NC4=O)CC3)CC2)c(CC)cc1Nc1ncc(Br)c(Nc2ccc3c(=O)n(CC)ncc3c2P(C)(C)=O)n1. The van der Waals surface area contributed by atoms with Crippen molar-refractivity contribution in [1.82, 2.24) is 34.9 Å². The van der Waals surface area contributed by atoms with Crippen molar-refractivity contribution in [3.8, 4) is 11.5 Å². The third-order valence-corrected chi connectivity index (χ3v) is 16.0. The van der Waals surface area contributed by atoms with E-state index in [2.05, 4.69) is 75.7 Å². The van der Waals surface area contributed by atoms with Gasteiger partial charge in [-0.15, -0.1) is 0 Å². The fourth-order valence-corrected chi connectivity index (χ4v) is 12.0. The van der Waals surface area contributed by atoms with Crippen LogP contribution in [0.4, 0.5) is 43.3 Å². The number of piperazine rings is 1. The Morgan fingerprint density at radius 3 is 2.40 bits per heavy atom. The summed E-state index contributed by atoms with van der Waals surface area (Å²) in [5, 5.41) is 14.9. The predicted octanol–water partition coefficient (Wildman–Crippen LogP) is 6.73. The number of anilines is 6. The lowest BCUT2D eigenvalue weighted by atomic mass is 9.99. The normalized spacial score (nSPS) is 18.3. The molecule has 3 N–H and O–H groups in total. The van der Waals surface area contributed by atoms with E-state index in [1.165, 1.54) is 15.6 Å². The molecule has 4 aliphatic rings. The monoisotopic (exact) mass is 1050 g/mol. The van der Waals surface area contributed by atoms with Gasteiger partial charge in [-0.1, -0.05) is 6.92 Å². The zero-order chi connectivity index (χ0) is 49.4. The van der Waals surface area contributed by atoms with Crippen LogP contribution in [0, 0.1) is 11.6 Å². The lowest BCUT2D eigenvalue weighted by molar-refractivity contribution is -0.134. The van der Waals surface area contributed by atoms with Gasteiger partial charge in [-0.05, 0) is 99.0 Å². The lowest BCUT2D eigenvalue weighted by Gasteiger charge is -2.43. The van der Waals surface area contributed by atoms with Crippen molar-refractivity contribution in [2.24, 2.45) is 0 Å². The molecule has 1 unspecified atom stereocenters. The third kappa shape index (κ3) is 9.97. The predicted molar refractivity (Wildman–Crippen MR) is 272 cm³/mol. The van der Waals surface area contributed by atoms with E-state index >= 15 is 8.78 Å². The van der Waals surface area contributed by atoms with Crippen LogP contribution in [0.2, 0.25) is 0 Å². The second-order valence-corrected chi connectivity index (χ2v) is 22.5. The largest absolute Gasteiger partial charge is 0.492 e. The molecular weight excluding hydrogens is 987 g/mol. The second-order valence-electron chi connectivity index (χ2n) is 18.5. The number of hydrogen-bond donors (Lipinski definition) is 3. The van der Waals surface area contributed by atoms with E-state index in [1.807, 2.05) is 13.8 Å². The first kappa shape index (κ1) is 49.3. The molecule has 6 heterocycles. The number of halogens is 3. The summed E-state index contributed by atoms with van der Waals surface area (Å²) in [6.07, 6.45) is 6.63. The third-order valence-electron chi connectivity index (χ3n) is 13.9. The van der Waals surface area contributed by atoms with Gasteiger partial charge >= 0.3 is 0 Å². The summed E-state index contributed by atoms with van der Waals surface area (Å²) in [6, 6.07) is 8.65. The number of nitrogens with zero attached hydrogens (tertiary/aromatic N) is 8. The molecule has 70 heavy (non-hydrogen) atoms. The van der Waals surface area contributed by atoms with Crippen LogP contribution in [0.15, 0.2) is 52.0 Å². The van der Waals surface area contributed by atoms with Crippen molar-refractivity contribution in [3.05, 3.63) is 80.3 Å². The Morgan fingerprint density at radius 1 is 0.929 bits per heavy atom. The number of carbonyl (C=O) groups excluding carboxylic acids is 2. The average molecular weight is 1050 g/mol. The second kappa shape index (κ2) is 20.6. The molecule has 3 fully saturated rings. The number of rotatable bonds is 15. The van der Waals surface area contributed by atoms with Crippen molar-refractivity contribution in [1.29, 1.82) is 0 Å². The zero-order valence-corrected chi connectivity index (χ0v) is 42.6. The zero-order valence-electron chi connectivity index (χ0n) is 40.1. The van der Waals surface area contributed by atoms with Gasteiger partial charge in [0.2, 0.25) is 17.8 Å². The number of ether oxygens (including phenoxy) is 2. The van der Waals surface area contributed by atoms with E-state index in [0.717, 1.165) is 75.5 Å². The minimum Gasteiger partial charge on any atom is -0.492 e. The fourth-order valence-electron chi connectivity index (χ4n) is 10.2. The summed E-state index contributed by atoms with van der Waals surface area (Å²) in [5.41, 5.74) is 3.51. The van der Waals surface area contributed by atoms with Gasteiger partial charge in [-0.25, -0.2) is 18.4 Å². The fraction of sp³-hybridized carbons (Fsp3) is 0.469. The highest BCUT2D eigenvalue weighted by molar-refractivity contribution is 9.10. The molecule has 3 aromatic carbocycles. The van der Waals surface area contributed by atoms with Gasteiger partial charge in [0.25, 0.3) is 5.56 Å². The molecule has 4 aliphatic heterocycles. The van der Waals surface area contributed by atoms with Gasteiger partial charge in [0, 0.05) is 105 Å². The van der Waals surface area contributed by atoms with Gasteiger partial charge in [-0.2, -0.15) is 10.1 Å². The van der Waals surface area contributed by atoms with Crippen LogP contribution in [-0.2, 0) is 33.5 Å². The summed E-state index contributed by atoms with van der Waals surface area (Å²) in [7, 11) is -2.92. The molecule has 21 heteroatoms. The van der Waals surface area contributed by atoms with Crippen LogP contribution in [0.1, 0.15) is 57.6 Å². The highest BCUT2D eigenvalue weighted by Gasteiger charge is 2.39. The molecule has 3 saturated heterocycles. The Balaban J connectivity index is 0.820. The Kier molecular flexibility index (Phi) is 14.5. The molecule has 0 radical (unpaired) electrons. The van der Waals surface area contributed by atoms with Crippen molar-refractivity contribution < 1.29 is 32.4 Å². The quantitative estimate of drug-likeness (QED) is 0.0742. The van der Waals surface area contributed by atoms with Gasteiger partial charge < -0.3 is 39.4 Å². The molecule has 5 aromatic rings. The molecule has 1 atom stereocenters. The van der Waals surface area contributed by atoms with E-state index < -0.39 is 30.7 Å². The minimum atomic E-state index is -2.92. The number of aryl methyl sites for hydroxylation is 2. The van der Waals surface area contributed by atoms with Crippen molar-refractivity contribution in [2.45, 2.75) is 77.9 Å². The van der Waals surface area contributed by atoms with E-state index in [0.29, 0.717) is 69.5 Å². The minimum absolute atomic E-state index is 0.0197. The van der Waals surface area contributed by atoms with Crippen LogP contribution < -0.4 is 46.1 Å². The van der Waals surface area contributed by atoms with Crippen LogP contribution in [-0.4, -0.2) is 126 Å². The Labute approximate surface area is 413 Å². The lowest BCUT2D eigenvalue weighted by Crippen LogP contribution is -2.53. The number of imide groups is 1.